The van der Waals surface area contributed by atoms with Gasteiger partial charge in [-0.05, 0) is 82.1 Å². The molecule has 4 nitrogen and oxygen atoms in total. The summed E-state index contributed by atoms with van der Waals surface area (Å²) in [6.07, 6.45) is 17.1. The molecule has 0 bridgehead atoms. The van der Waals surface area contributed by atoms with Crippen molar-refractivity contribution < 1.29 is 30.8 Å². The van der Waals surface area contributed by atoms with Crippen molar-refractivity contribution >= 4 is 5.91 Å². The Morgan fingerprint density at radius 3 is 2.15 bits per heavy atom. The standard InChI is InChI=1S/C16H12FN2O2.C5H5.Fe/c17-13-7-5-11(6-8-13)15-9-14(21-19-15)10-18-16(20)12-3-1-2-4-12;1-2-4-5-3-1;/h1-9H,10H2,(H,18,20);1-5H;/q;;+3. The molecule has 6 heteroatoms. The number of hydrogen-bond donors (Lipinski definition) is 1. The largest absolute Gasteiger partial charge is 3.00 e. The first-order valence-electron chi connectivity index (χ1n) is 8.10. The Bertz CT molecular complexity index is 685. The van der Waals surface area contributed by atoms with E-state index in [0.29, 0.717) is 17.4 Å². The molecular formula is C21H17FFeN2O2+3. The number of nitrogens with one attached hydrogen (secondary N) is 1. The molecule has 0 saturated heterocycles. The van der Waals surface area contributed by atoms with Gasteiger partial charge in [-0.15, -0.1) is 0 Å². The van der Waals surface area contributed by atoms with Crippen LogP contribution in [0.5, 0.6) is 0 Å². The minimum absolute atomic E-state index is 0. The molecular weight excluding hydrogens is 387 g/mol. The molecule has 2 aliphatic carbocycles. The van der Waals surface area contributed by atoms with Crippen molar-refractivity contribution in [1.82, 2.24) is 10.5 Å². The summed E-state index contributed by atoms with van der Waals surface area (Å²) in [5.41, 5.74) is 1.36. The Balaban J connectivity index is 0.000000379. The third kappa shape index (κ3) is 6.78. The number of amides is 1. The van der Waals surface area contributed by atoms with Crippen LogP contribution in [-0.4, -0.2) is 11.1 Å². The van der Waals surface area contributed by atoms with Gasteiger partial charge in [0, 0.05) is 11.6 Å². The fraction of sp³-hybridized carbons (Fsp3) is 0.0476. The van der Waals surface area contributed by atoms with E-state index in [4.69, 9.17) is 4.52 Å². The molecule has 2 aliphatic rings. The zero-order valence-electron chi connectivity index (χ0n) is 14.3. The first-order chi connectivity index (χ1) is 12.7. The Morgan fingerprint density at radius 1 is 0.963 bits per heavy atom. The van der Waals surface area contributed by atoms with E-state index in [2.05, 4.69) is 10.5 Å². The van der Waals surface area contributed by atoms with Crippen molar-refractivity contribution in [3.05, 3.63) is 106 Å². The summed E-state index contributed by atoms with van der Waals surface area (Å²) in [6, 6.07) is 7.69. The fourth-order valence-electron chi connectivity index (χ4n) is 2.27. The van der Waals surface area contributed by atoms with Crippen LogP contribution in [0.25, 0.3) is 11.3 Å². The summed E-state index contributed by atoms with van der Waals surface area (Å²) in [4.78, 5) is 11.8. The number of rotatable bonds is 4. The monoisotopic (exact) mass is 404 g/mol. The predicted octanol–water partition coefficient (Wildman–Crippen LogP) is 3.52. The van der Waals surface area contributed by atoms with Crippen LogP contribution in [0.4, 0.5) is 4.39 Å². The number of hydrogen-bond acceptors (Lipinski definition) is 3. The Labute approximate surface area is 170 Å². The van der Waals surface area contributed by atoms with Gasteiger partial charge in [-0.3, -0.25) is 4.79 Å². The molecule has 1 amide bonds. The van der Waals surface area contributed by atoms with E-state index in [1.165, 1.54) is 12.1 Å². The quantitative estimate of drug-likeness (QED) is 0.794. The molecule has 27 heavy (non-hydrogen) atoms. The van der Waals surface area contributed by atoms with Gasteiger partial charge in [-0.25, -0.2) is 4.39 Å². The van der Waals surface area contributed by atoms with E-state index < -0.39 is 0 Å². The SMILES string of the molecule is O=C(NCc1cc(-c2ccc(F)cc2)no1)[C]1[CH][CH][CH][CH]1.[CH]1[CH][CH][CH][CH]1.[Fe+3]. The van der Waals surface area contributed by atoms with Crippen molar-refractivity contribution in [1.29, 1.82) is 0 Å². The second-order valence-electron chi connectivity index (χ2n) is 5.50. The molecule has 1 aromatic carbocycles. The molecule has 2 saturated carbocycles. The minimum atomic E-state index is -0.301. The van der Waals surface area contributed by atoms with Gasteiger partial charge in [0.15, 0.2) is 5.76 Å². The molecule has 11 radical (unpaired) electrons. The first-order valence-corrected chi connectivity index (χ1v) is 8.10. The van der Waals surface area contributed by atoms with Crippen molar-refractivity contribution in [2.24, 2.45) is 0 Å². The summed E-state index contributed by atoms with van der Waals surface area (Å²) in [5, 5.41) is 6.65. The van der Waals surface area contributed by atoms with Gasteiger partial charge < -0.3 is 9.84 Å². The van der Waals surface area contributed by atoms with Crippen LogP contribution in [0.15, 0.2) is 34.9 Å². The molecule has 0 atom stereocenters. The van der Waals surface area contributed by atoms with Crippen LogP contribution in [0.1, 0.15) is 5.76 Å². The Hall–Kier alpha value is -1.65. The van der Waals surface area contributed by atoms with E-state index in [1.54, 1.807) is 43.9 Å². The Kier molecular flexibility index (Phi) is 9.02. The molecule has 0 aliphatic heterocycles. The summed E-state index contributed by atoms with van der Waals surface area (Å²) in [6.45, 7) is 0.248. The predicted molar refractivity (Wildman–Crippen MR) is 95.7 cm³/mol. The normalized spacial score (nSPS) is 16.3. The van der Waals surface area contributed by atoms with Crippen LogP contribution in [0, 0.1) is 69.5 Å². The number of carbonyl (C=O) groups excluding carboxylic acids is 1. The molecule has 1 N–H and O–H groups in total. The van der Waals surface area contributed by atoms with E-state index in [-0.39, 0.29) is 35.3 Å². The summed E-state index contributed by atoms with van der Waals surface area (Å²) < 4.78 is 18.0. The third-order valence-electron chi connectivity index (χ3n) is 3.60. The molecule has 1 heterocycles. The average molecular weight is 404 g/mol. The smallest absolute Gasteiger partial charge is 0.359 e. The summed E-state index contributed by atoms with van der Waals surface area (Å²) in [5.74, 6) is 0.673. The molecule has 2 fully saturated rings. The molecule has 0 unspecified atom stereocenters. The van der Waals surface area contributed by atoms with E-state index in [9.17, 15) is 9.18 Å². The van der Waals surface area contributed by atoms with Gasteiger partial charge in [0.1, 0.15) is 11.5 Å². The average Bonchev–Trinajstić information content (AvgIpc) is 3.45. The van der Waals surface area contributed by atoms with Crippen molar-refractivity contribution in [3.8, 4) is 11.3 Å². The second kappa shape index (κ2) is 11.3. The van der Waals surface area contributed by atoms with Gasteiger partial charge in [0.05, 0.1) is 12.5 Å². The maximum Gasteiger partial charge on any atom is 3.00 e. The molecule has 135 valence electrons. The number of aromatic nitrogens is 1. The topological polar surface area (TPSA) is 55.1 Å². The molecule has 2 aromatic rings. The van der Waals surface area contributed by atoms with Crippen molar-refractivity contribution in [2.45, 2.75) is 6.54 Å². The van der Waals surface area contributed by atoms with Crippen LogP contribution in [0.3, 0.4) is 0 Å². The van der Waals surface area contributed by atoms with Crippen LogP contribution < -0.4 is 5.32 Å². The second-order valence-corrected chi connectivity index (χ2v) is 5.50. The minimum Gasteiger partial charge on any atom is -0.359 e. The van der Waals surface area contributed by atoms with E-state index in [0.717, 1.165) is 5.56 Å². The maximum absolute atomic E-state index is 12.9. The number of carbonyl (C=O) groups is 1. The Morgan fingerprint density at radius 2 is 1.56 bits per heavy atom. The van der Waals surface area contributed by atoms with Gasteiger partial charge in [0.25, 0.3) is 0 Å². The van der Waals surface area contributed by atoms with Crippen molar-refractivity contribution in [2.75, 3.05) is 0 Å². The zero-order chi connectivity index (χ0) is 18.2. The van der Waals surface area contributed by atoms with E-state index in [1.807, 2.05) is 32.1 Å². The van der Waals surface area contributed by atoms with E-state index >= 15 is 0 Å². The zero-order valence-corrected chi connectivity index (χ0v) is 15.4. The third-order valence-corrected chi connectivity index (χ3v) is 3.60. The number of benzene rings is 1. The van der Waals surface area contributed by atoms with Gasteiger partial charge >= 0.3 is 17.1 Å². The molecule has 4 rings (SSSR count). The van der Waals surface area contributed by atoms with Gasteiger partial charge in [-0.1, -0.05) is 5.16 Å². The van der Waals surface area contributed by atoms with Gasteiger partial charge in [-0.2, -0.15) is 0 Å². The van der Waals surface area contributed by atoms with Crippen LogP contribution >= 0.6 is 0 Å². The summed E-state index contributed by atoms with van der Waals surface area (Å²) >= 11 is 0. The molecule has 0 spiro atoms. The van der Waals surface area contributed by atoms with Crippen molar-refractivity contribution in [3.63, 3.8) is 0 Å². The fourth-order valence-corrected chi connectivity index (χ4v) is 2.27. The van der Waals surface area contributed by atoms with Gasteiger partial charge in [0.2, 0.25) is 5.91 Å². The summed E-state index contributed by atoms with van der Waals surface area (Å²) in [7, 11) is 0. The molecule has 1 aromatic heterocycles. The first kappa shape index (κ1) is 21.6. The number of nitrogens with zero attached hydrogens (tertiary/aromatic N) is 1. The number of halogens is 1. The van der Waals surface area contributed by atoms with Crippen LogP contribution in [-0.2, 0) is 28.4 Å². The van der Waals surface area contributed by atoms with Crippen LogP contribution in [0.2, 0.25) is 0 Å². The maximum atomic E-state index is 12.9.